The monoisotopic (exact) mass is 546 g/mol. The van der Waals surface area contributed by atoms with Crippen molar-refractivity contribution in [2.75, 3.05) is 33.7 Å². The number of thiophene rings is 1. The third-order valence-corrected chi connectivity index (χ3v) is 5.54. The van der Waals surface area contributed by atoms with Gasteiger partial charge in [0.2, 0.25) is 5.91 Å². The summed E-state index contributed by atoms with van der Waals surface area (Å²) in [7, 11) is 3.44. The molecule has 6 nitrogen and oxygen atoms in total. The summed E-state index contributed by atoms with van der Waals surface area (Å²) >= 11 is 1.67. The average molecular weight is 546 g/mol. The first-order valence-electron chi connectivity index (χ1n) is 9.59. The number of amides is 1. The van der Waals surface area contributed by atoms with Gasteiger partial charge in [0.1, 0.15) is 18.5 Å². The van der Waals surface area contributed by atoms with E-state index in [4.69, 9.17) is 4.74 Å². The number of aliphatic imine (C=N–C) groups is 1. The lowest BCUT2D eigenvalue weighted by molar-refractivity contribution is -0.127. The number of nitrogens with one attached hydrogen (secondary N) is 1. The molecule has 0 radical (unpaired) electrons. The predicted molar refractivity (Wildman–Crippen MR) is 129 cm³/mol. The third kappa shape index (κ3) is 6.92. The standard InChI is InChI=1S/C21H27FN4O2S.HI/c1-15-13-26(14-19(28-15)16-6-8-17(22)9-7-16)21(24-12-20(27)25(2)3)23-11-18-5-4-10-29-18;/h4-10,15,19H,11-14H2,1-3H3,(H,23,24);1H. The molecule has 164 valence electrons. The Kier molecular flexibility index (Phi) is 9.50. The smallest absolute Gasteiger partial charge is 0.243 e. The maximum Gasteiger partial charge on any atom is 0.243 e. The third-order valence-electron chi connectivity index (χ3n) is 4.67. The zero-order valence-electron chi connectivity index (χ0n) is 17.4. The zero-order chi connectivity index (χ0) is 20.8. The molecule has 0 bridgehead atoms. The maximum atomic E-state index is 13.3. The quantitative estimate of drug-likeness (QED) is 0.355. The molecule has 1 fully saturated rings. The Morgan fingerprint density at radius 2 is 2.03 bits per heavy atom. The second kappa shape index (κ2) is 11.6. The Hall–Kier alpha value is -1.72. The van der Waals surface area contributed by atoms with Crippen molar-refractivity contribution in [3.05, 3.63) is 58.0 Å². The molecule has 2 heterocycles. The molecular weight excluding hydrogens is 518 g/mol. The fourth-order valence-corrected chi connectivity index (χ4v) is 3.76. The second-order valence-corrected chi connectivity index (χ2v) is 8.29. The van der Waals surface area contributed by atoms with Crippen molar-refractivity contribution in [2.45, 2.75) is 25.7 Å². The summed E-state index contributed by atoms with van der Waals surface area (Å²) in [5.41, 5.74) is 0.921. The van der Waals surface area contributed by atoms with Crippen molar-refractivity contribution in [2.24, 2.45) is 4.99 Å². The summed E-state index contributed by atoms with van der Waals surface area (Å²) in [5, 5.41) is 5.42. The molecule has 30 heavy (non-hydrogen) atoms. The van der Waals surface area contributed by atoms with E-state index in [0.717, 1.165) is 5.56 Å². The Labute approximate surface area is 198 Å². The summed E-state index contributed by atoms with van der Waals surface area (Å²) in [6.45, 7) is 3.95. The SMILES string of the molecule is CC1CN(C(=NCC(=O)N(C)C)NCc2cccs2)CC(c2ccc(F)cc2)O1.I. The fraction of sp³-hybridized carbons (Fsp3) is 0.429. The van der Waals surface area contributed by atoms with Crippen LogP contribution in [0.25, 0.3) is 0 Å². The number of hydrogen-bond donors (Lipinski definition) is 1. The first-order valence-corrected chi connectivity index (χ1v) is 10.5. The summed E-state index contributed by atoms with van der Waals surface area (Å²) in [6, 6.07) is 10.5. The van der Waals surface area contributed by atoms with Crippen molar-refractivity contribution in [3.8, 4) is 0 Å². The van der Waals surface area contributed by atoms with Gasteiger partial charge in [-0.05, 0) is 36.1 Å². The van der Waals surface area contributed by atoms with E-state index >= 15 is 0 Å². The average Bonchev–Trinajstić information content (AvgIpc) is 3.21. The van der Waals surface area contributed by atoms with Crippen molar-refractivity contribution in [1.82, 2.24) is 15.1 Å². The number of ether oxygens (including phenoxy) is 1. The van der Waals surface area contributed by atoms with Crippen LogP contribution in [-0.4, -0.2) is 61.5 Å². The minimum Gasteiger partial charge on any atom is -0.367 e. The van der Waals surface area contributed by atoms with Crippen LogP contribution in [0.1, 0.15) is 23.5 Å². The van der Waals surface area contributed by atoms with Crippen LogP contribution in [0.2, 0.25) is 0 Å². The molecule has 1 saturated heterocycles. The minimum atomic E-state index is -0.267. The Morgan fingerprint density at radius 3 is 2.67 bits per heavy atom. The van der Waals surface area contributed by atoms with Crippen molar-refractivity contribution in [1.29, 1.82) is 0 Å². The topological polar surface area (TPSA) is 57.2 Å². The van der Waals surface area contributed by atoms with Crippen molar-refractivity contribution < 1.29 is 13.9 Å². The van der Waals surface area contributed by atoms with Crippen LogP contribution >= 0.6 is 35.3 Å². The molecule has 1 aliphatic heterocycles. The summed E-state index contributed by atoms with van der Waals surface area (Å²) in [4.78, 5) is 21.5. The highest BCUT2D eigenvalue weighted by atomic mass is 127. The molecule has 2 unspecified atom stereocenters. The maximum absolute atomic E-state index is 13.3. The highest BCUT2D eigenvalue weighted by molar-refractivity contribution is 14.0. The van der Waals surface area contributed by atoms with E-state index < -0.39 is 0 Å². The van der Waals surface area contributed by atoms with Crippen molar-refractivity contribution in [3.63, 3.8) is 0 Å². The minimum absolute atomic E-state index is 0. The number of carbonyl (C=O) groups is 1. The molecule has 0 spiro atoms. The van der Waals surface area contributed by atoms with Crippen molar-refractivity contribution >= 4 is 47.2 Å². The van der Waals surface area contributed by atoms with Gasteiger partial charge in [-0.1, -0.05) is 18.2 Å². The molecule has 2 atom stereocenters. The number of halogens is 2. The highest BCUT2D eigenvalue weighted by Crippen LogP contribution is 2.25. The van der Waals surface area contributed by atoms with Gasteiger partial charge >= 0.3 is 0 Å². The molecule has 2 aromatic rings. The van der Waals surface area contributed by atoms with E-state index in [2.05, 4.69) is 21.3 Å². The number of rotatable bonds is 5. The molecule has 1 aromatic heterocycles. The van der Waals surface area contributed by atoms with Crippen LogP contribution in [-0.2, 0) is 16.1 Å². The van der Waals surface area contributed by atoms with Crippen LogP contribution in [0.5, 0.6) is 0 Å². The molecule has 1 N–H and O–H groups in total. The van der Waals surface area contributed by atoms with E-state index in [0.29, 0.717) is 25.6 Å². The van der Waals surface area contributed by atoms with Gasteiger partial charge in [0.15, 0.2) is 5.96 Å². The summed E-state index contributed by atoms with van der Waals surface area (Å²) in [6.07, 6.45) is -0.227. The van der Waals surface area contributed by atoms with Gasteiger partial charge in [0, 0.05) is 25.5 Å². The molecular formula is C21H28FIN4O2S. The van der Waals surface area contributed by atoms with E-state index in [1.165, 1.54) is 21.9 Å². The summed E-state index contributed by atoms with van der Waals surface area (Å²) in [5.74, 6) is 0.351. The lowest BCUT2D eigenvalue weighted by Crippen LogP contribution is -2.50. The number of likely N-dealkylation sites (N-methyl/N-ethyl adjacent to an activating group) is 1. The van der Waals surface area contributed by atoms with Gasteiger partial charge in [-0.25, -0.2) is 9.38 Å². The normalized spacial score (nSPS) is 19.2. The Balaban J connectivity index is 0.00000320. The number of morpholine rings is 1. The molecule has 0 aliphatic carbocycles. The Morgan fingerprint density at radius 1 is 1.30 bits per heavy atom. The molecule has 9 heteroatoms. The number of guanidine groups is 1. The largest absolute Gasteiger partial charge is 0.367 e. The second-order valence-electron chi connectivity index (χ2n) is 7.25. The lowest BCUT2D eigenvalue weighted by atomic mass is 10.1. The van der Waals surface area contributed by atoms with Gasteiger partial charge in [0.25, 0.3) is 0 Å². The van der Waals surface area contributed by atoms with E-state index in [1.54, 1.807) is 37.6 Å². The molecule has 1 aliphatic rings. The molecule has 1 amide bonds. The first-order chi connectivity index (χ1) is 13.9. The van der Waals surface area contributed by atoms with Gasteiger partial charge in [-0.2, -0.15) is 0 Å². The van der Waals surface area contributed by atoms with Crippen LogP contribution in [0.15, 0.2) is 46.8 Å². The zero-order valence-corrected chi connectivity index (χ0v) is 20.5. The number of hydrogen-bond acceptors (Lipinski definition) is 4. The van der Waals surface area contributed by atoms with Crippen LogP contribution in [0.3, 0.4) is 0 Å². The molecule has 0 saturated carbocycles. The van der Waals surface area contributed by atoms with E-state index in [-0.39, 0.29) is 54.5 Å². The van der Waals surface area contributed by atoms with Gasteiger partial charge in [-0.15, -0.1) is 35.3 Å². The molecule has 3 rings (SSSR count). The lowest BCUT2D eigenvalue weighted by Gasteiger charge is -2.38. The number of nitrogens with zero attached hydrogens (tertiary/aromatic N) is 3. The Bertz CT molecular complexity index is 830. The van der Waals surface area contributed by atoms with Crippen LogP contribution in [0.4, 0.5) is 4.39 Å². The first kappa shape index (κ1) is 24.5. The fourth-order valence-electron chi connectivity index (χ4n) is 3.12. The number of benzene rings is 1. The summed E-state index contributed by atoms with van der Waals surface area (Å²) < 4.78 is 19.4. The van der Waals surface area contributed by atoms with Gasteiger partial charge < -0.3 is 19.9 Å². The highest BCUT2D eigenvalue weighted by Gasteiger charge is 2.28. The van der Waals surface area contributed by atoms with Crippen LogP contribution in [0, 0.1) is 5.82 Å². The number of carbonyl (C=O) groups excluding carboxylic acids is 1. The van der Waals surface area contributed by atoms with Gasteiger partial charge in [-0.3, -0.25) is 4.79 Å². The van der Waals surface area contributed by atoms with E-state index in [1.807, 2.05) is 18.4 Å². The predicted octanol–water partition coefficient (Wildman–Crippen LogP) is 3.50. The molecule has 1 aromatic carbocycles. The van der Waals surface area contributed by atoms with Crippen LogP contribution < -0.4 is 5.32 Å². The van der Waals surface area contributed by atoms with E-state index in [9.17, 15) is 9.18 Å². The van der Waals surface area contributed by atoms with Gasteiger partial charge in [0.05, 0.1) is 19.2 Å².